The average molecular weight is 214 g/mol. The minimum Gasteiger partial charge on any atom is -0.394 e. The van der Waals surface area contributed by atoms with E-state index in [9.17, 15) is 5.11 Å². The molecule has 78 valence electrons. The van der Waals surface area contributed by atoms with Crippen LogP contribution >= 0.6 is 11.6 Å². The first-order valence-corrected chi connectivity index (χ1v) is 4.93. The highest BCUT2D eigenvalue weighted by molar-refractivity contribution is 6.31. The van der Waals surface area contributed by atoms with Crippen molar-refractivity contribution in [1.82, 2.24) is 4.90 Å². The summed E-state index contributed by atoms with van der Waals surface area (Å²) in [4.78, 5) is 1.97. The van der Waals surface area contributed by atoms with Crippen LogP contribution in [0.3, 0.4) is 0 Å². The van der Waals surface area contributed by atoms with E-state index in [1.807, 2.05) is 50.2 Å². The molecule has 3 heteroatoms. The van der Waals surface area contributed by atoms with Gasteiger partial charge in [-0.1, -0.05) is 29.8 Å². The van der Waals surface area contributed by atoms with Gasteiger partial charge < -0.3 is 5.11 Å². The van der Waals surface area contributed by atoms with Gasteiger partial charge in [0.25, 0.3) is 0 Å². The molecule has 1 atom stereocenters. The Morgan fingerprint density at radius 3 is 2.36 bits per heavy atom. The molecule has 14 heavy (non-hydrogen) atoms. The molecule has 0 fully saturated rings. The summed E-state index contributed by atoms with van der Waals surface area (Å²) in [6.45, 7) is 2.01. The average Bonchev–Trinajstić information content (AvgIpc) is 2.17. The second kappa shape index (κ2) is 4.30. The third-order valence-corrected chi connectivity index (χ3v) is 3.08. The minimum atomic E-state index is -0.418. The standard InChI is InChI=1S/C11H16ClNO/c1-11(8-14,13(2)3)9-6-4-5-7-10(9)12/h4-7,14H,8H2,1-3H3. The number of aliphatic hydroxyl groups is 1. The zero-order valence-electron chi connectivity index (χ0n) is 8.79. The lowest BCUT2D eigenvalue weighted by molar-refractivity contribution is 0.0827. The van der Waals surface area contributed by atoms with Gasteiger partial charge in [0.1, 0.15) is 0 Å². The zero-order valence-corrected chi connectivity index (χ0v) is 9.54. The van der Waals surface area contributed by atoms with Crippen LogP contribution in [-0.2, 0) is 5.54 Å². The van der Waals surface area contributed by atoms with Crippen LogP contribution in [0.5, 0.6) is 0 Å². The van der Waals surface area contributed by atoms with Gasteiger partial charge in [0.05, 0.1) is 12.1 Å². The van der Waals surface area contributed by atoms with Gasteiger partial charge in [0.15, 0.2) is 0 Å². The van der Waals surface area contributed by atoms with Crippen LogP contribution in [0.2, 0.25) is 5.02 Å². The van der Waals surface area contributed by atoms with Crippen molar-refractivity contribution >= 4 is 11.6 Å². The van der Waals surface area contributed by atoms with Gasteiger partial charge in [-0.25, -0.2) is 0 Å². The van der Waals surface area contributed by atoms with E-state index in [2.05, 4.69) is 0 Å². The summed E-state index contributed by atoms with van der Waals surface area (Å²) < 4.78 is 0. The van der Waals surface area contributed by atoms with Gasteiger partial charge in [-0.15, -0.1) is 0 Å². The summed E-state index contributed by atoms with van der Waals surface area (Å²) in [7, 11) is 3.86. The van der Waals surface area contributed by atoms with Crippen molar-refractivity contribution in [3.05, 3.63) is 34.9 Å². The molecule has 0 radical (unpaired) electrons. The molecular formula is C11H16ClNO. The highest BCUT2D eigenvalue weighted by atomic mass is 35.5. The Morgan fingerprint density at radius 2 is 1.93 bits per heavy atom. The van der Waals surface area contributed by atoms with Crippen LogP contribution in [0.25, 0.3) is 0 Å². The molecule has 0 aliphatic rings. The fourth-order valence-electron chi connectivity index (χ4n) is 1.37. The van der Waals surface area contributed by atoms with Crippen molar-refractivity contribution < 1.29 is 5.11 Å². The topological polar surface area (TPSA) is 23.5 Å². The van der Waals surface area contributed by atoms with Crippen molar-refractivity contribution in [3.63, 3.8) is 0 Å². The molecule has 0 amide bonds. The van der Waals surface area contributed by atoms with Crippen LogP contribution in [0.1, 0.15) is 12.5 Å². The molecule has 0 spiro atoms. The van der Waals surface area contributed by atoms with Crippen molar-refractivity contribution in [3.8, 4) is 0 Å². The fourth-order valence-corrected chi connectivity index (χ4v) is 1.70. The molecule has 0 heterocycles. The Bertz CT molecular complexity index is 314. The highest BCUT2D eigenvalue weighted by Gasteiger charge is 2.29. The zero-order chi connectivity index (χ0) is 10.8. The van der Waals surface area contributed by atoms with Crippen molar-refractivity contribution in [2.75, 3.05) is 20.7 Å². The summed E-state index contributed by atoms with van der Waals surface area (Å²) in [5.41, 5.74) is 0.535. The van der Waals surface area contributed by atoms with E-state index >= 15 is 0 Å². The van der Waals surface area contributed by atoms with Crippen LogP contribution in [0.4, 0.5) is 0 Å². The molecule has 0 aliphatic carbocycles. The van der Waals surface area contributed by atoms with Crippen LogP contribution in [0, 0.1) is 0 Å². The summed E-state index contributed by atoms with van der Waals surface area (Å²) in [5.74, 6) is 0. The molecule has 0 aromatic heterocycles. The van der Waals surface area contributed by atoms with Crippen molar-refractivity contribution in [1.29, 1.82) is 0 Å². The van der Waals surface area contributed by atoms with Crippen molar-refractivity contribution in [2.45, 2.75) is 12.5 Å². The van der Waals surface area contributed by atoms with E-state index in [1.165, 1.54) is 0 Å². The van der Waals surface area contributed by atoms with Gasteiger partial charge >= 0.3 is 0 Å². The van der Waals surface area contributed by atoms with E-state index in [0.29, 0.717) is 5.02 Å². The second-order valence-corrected chi connectivity index (χ2v) is 4.21. The lowest BCUT2D eigenvalue weighted by Crippen LogP contribution is -2.42. The second-order valence-electron chi connectivity index (χ2n) is 3.81. The van der Waals surface area contributed by atoms with Gasteiger partial charge in [0, 0.05) is 5.02 Å². The van der Waals surface area contributed by atoms with Gasteiger partial charge in [-0.3, -0.25) is 4.90 Å². The Balaban J connectivity index is 3.19. The Hall–Kier alpha value is -0.570. The molecule has 1 rings (SSSR count). The smallest absolute Gasteiger partial charge is 0.0675 e. The number of hydrogen-bond acceptors (Lipinski definition) is 2. The van der Waals surface area contributed by atoms with Crippen LogP contribution in [-0.4, -0.2) is 30.7 Å². The van der Waals surface area contributed by atoms with E-state index < -0.39 is 5.54 Å². The Kier molecular flexibility index (Phi) is 3.53. The third kappa shape index (κ3) is 1.92. The number of nitrogens with zero attached hydrogens (tertiary/aromatic N) is 1. The highest BCUT2D eigenvalue weighted by Crippen LogP contribution is 2.31. The van der Waals surface area contributed by atoms with Crippen molar-refractivity contribution in [2.24, 2.45) is 0 Å². The maximum Gasteiger partial charge on any atom is 0.0675 e. The van der Waals surface area contributed by atoms with Gasteiger partial charge in [0.2, 0.25) is 0 Å². The number of benzene rings is 1. The Morgan fingerprint density at radius 1 is 1.36 bits per heavy atom. The maximum atomic E-state index is 9.43. The van der Waals surface area contributed by atoms with E-state index in [4.69, 9.17) is 11.6 Å². The SMILES string of the molecule is CN(C)C(C)(CO)c1ccccc1Cl. The molecule has 1 aromatic carbocycles. The number of likely N-dealkylation sites (N-methyl/N-ethyl adjacent to an activating group) is 1. The molecule has 0 saturated carbocycles. The number of hydrogen-bond donors (Lipinski definition) is 1. The first-order chi connectivity index (χ1) is 6.52. The van der Waals surface area contributed by atoms with Gasteiger partial charge in [-0.2, -0.15) is 0 Å². The molecule has 0 bridgehead atoms. The summed E-state index contributed by atoms with van der Waals surface area (Å²) in [5, 5.41) is 10.1. The largest absolute Gasteiger partial charge is 0.394 e. The van der Waals surface area contributed by atoms with E-state index in [-0.39, 0.29) is 6.61 Å². The maximum absolute atomic E-state index is 9.43. The van der Waals surface area contributed by atoms with Crippen LogP contribution in [0.15, 0.2) is 24.3 Å². The fraction of sp³-hybridized carbons (Fsp3) is 0.455. The predicted molar refractivity (Wildman–Crippen MR) is 59.6 cm³/mol. The number of aliphatic hydroxyl groups excluding tert-OH is 1. The summed E-state index contributed by atoms with van der Waals surface area (Å²) >= 11 is 6.09. The van der Waals surface area contributed by atoms with Crippen LogP contribution < -0.4 is 0 Å². The molecule has 2 nitrogen and oxygen atoms in total. The molecule has 1 unspecified atom stereocenters. The van der Waals surface area contributed by atoms with E-state index in [1.54, 1.807) is 0 Å². The quantitative estimate of drug-likeness (QED) is 0.832. The molecule has 1 N–H and O–H groups in total. The summed E-state index contributed by atoms with van der Waals surface area (Å²) in [6.07, 6.45) is 0. The monoisotopic (exact) mass is 213 g/mol. The normalized spacial score (nSPS) is 15.6. The summed E-state index contributed by atoms with van der Waals surface area (Å²) in [6, 6.07) is 7.60. The first-order valence-electron chi connectivity index (χ1n) is 4.55. The Labute approximate surface area is 90.1 Å². The number of halogens is 1. The minimum absolute atomic E-state index is 0.0454. The van der Waals surface area contributed by atoms with E-state index in [0.717, 1.165) is 5.56 Å². The third-order valence-electron chi connectivity index (χ3n) is 2.75. The lowest BCUT2D eigenvalue weighted by Gasteiger charge is -2.35. The number of rotatable bonds is 3. The lowest BCUT2D eigenvalue weighted by atomic mass is 9.92. The first kappa shape index (κ1) is 11.5. The predicted octanol–water partition coefficient (Wildman–Crippen LogP) is 2.11. The van der Waals surface area contributed by atoms with Gasteiger partial charge in [-0.05, 0) is 32.6 Å². The molecule has 1 aromatic rings. The molecule has 0 aliphatic heterocycles. The molecular weight excluding hydrogens is 198 g/mol. The molecule has 0 saturated heterocycles.